The minimum absolute atomic E-state index is 0.594. The van der Waals surface area contributed by atoms with E-state index in [-0.39, 0.29) is 0 Å². The van der Waals surface area contributed by atoms with Crippen molar-refractivity contribution >= 4 is 17.7 Å². The van der Waals surface area contributed by atoms with Gasteiger partial charge in [-0.1, -0.05) is 18.5 Å². The van der Waals surface area contributed by atoms with Crippen LogP contribution in [-0.4, -0.2) is 41.8 Å². The van der Waals surface area contributed by atoms with E-state index in [1.54, 1.807) is 0 Å². The number of hydrogen-bond acceptors (Lipinski definition) is 3. The summed E-state index contributed by atoms with van der Waals surface area (Å²) in [6, 6.07) is 5.66. The quantitative estimate of drug-likeness (QED) is 0.905. The second-order valence-electron chi connectivity index (χ2n) is 5.89. The number of likely N-dealkylation sites (N-methyl/N-ethyl adjacent to an activating group) is 1. The molecule has 1 aromatic carbocycles. The molecule has 0 bridgehead atoms. The lowest BCUT2D eigenvalue weighted by atomic mass is 10.1. The van der Waals surface area contributed by atoms with E-state index in [4.69, 9.17) is 16.3 Å². The van der Waals surface area contributed by atoms with Gasteiger partial charge in [-0.3, -0.25) is 4.90 Å². The SMILES string of the molecule is CCN(CC1=Cc2cc(Cl)ccc2OC1)CC(C)(C)O. The van der Waals surface area contributed by atoms with Crippen LogP contribution in [0, 0.1) is 0 Å². The fraction of sp³-hybridized carbons (Fsp3) is 0.500. The number of hydrogen-bond donors (Lipinski definition) is 1. The lowest BCUT2D eigenvalue weighted by molar-refractivity contribution is 0.0403. The summed E-state index contributed by atoms with van der Waals surface area (Å²) in [5.41, 5.74) is 1.54. The first kappa shape index (κ1) is 15.4. The Morgan fingerprint density at radius 2 is 2.15 bits per heavy atom. The third-order valence-electron chi connectivity index (χ3n) is 3.23. The monoisotopic (exact) mass is 295 g/mol. The summed E-state index contributed by atoms with van der Waals surface area (Å²) in [4.78, 5) is 2.21. The molecule has 20 heavy (non-hydrogen) atoms. The van der Waals surface area contributed by atoms with E-state index in [0.717, 1.165) is 24.4 Å². The molecule has 0 fully saturated rings. The summed E-state index contributed by atoms with van der Waals surface area (Å²) in [7, 11) is 0. The molecule has 1 aliphatic rings. The molecule has 0 radical (unpaired) electrons. The van der Waals surface area contributed by atoms with E-state index in [0.29, 0.717) is 18.2 Å². The van der Waals surface area contributed by atoms with Crippen molar-refractivity contribution in [2.24, 2.45) is 0 Å². The Morgan fingerprint density at radius 3 is 2.80 bits per heavy atom. The summed E-state index contributed by atoms with van der Waals surface area (Å²) in [6.07, 6.45) is 2.14. The summed E-state index contributed by atoms with van der Waals surface area (Å²) >= 11 is 6.02. The van der Waals surface area contributed by atoms with E-state index in [1.807, 2.05) is 32.0 Å². The standard InChI is InChI=1S/C16H22ClNO2/c1-4-18(11-16(2,3)19)9-12-7-13-8-14(17)5-6-15(13)20-10-12/h5-8,19H,4,9-11H2,1-3H3. The molecular formula is C16H22ClNO2. The van der Waals surface area contributed by atoms with Crippen LogP contribution in [0.25, 0.3) is 6.08 Å². The van der Waals surface area contributed by atoms with Gasteiger partial charge in [0, 0.05) is 23.7 Å². The van der Waals surface area contributed by atoms with Crippen LogP contribution in [0.5, 0.6) is 5.75 Å². The van der Waals surface area contributed by atoms with E-state index < -0.39 is 5.60 Å². The first-order chi connectivity index (χ1) is 9.37. The molecule has 0 saturated heterocycles. The van der Waals surface area contributed by atoms with Crippen LogP contribution >= 0.6 is 11.6 Å². The maximum absolute atomic E-state index is 9.93. The number of nitrogens with zero attached hydrogens (tertiary/aromatic N) is 1. The smallest absolute Gasteiger partial charge is 0.127 e. The Balaban J connectivity index is 2.10. The first-order valence-corrected chi connectivity index (χ1v) is 7.32. The predicted octanol–water partition coefficient (Wildman–Crippen LogP) is 3.21. The number of ether oxygens (including phenoxy) is 1. The van der Waals surface area contributed by atoms with Crippen molar-refractivity contribution < 1.29 is 9.84 Å². The van der Waals surface area contributed by atoms with Crippen molar-refractivity contribution in [2.45, 2.75) is 26.4 Å². The highest BCUT2D eigenvalue weighted by Gasteiger charge is 2.19. The minimum Gasteiger partial charge on any atom is -0.489 e. The summed E-state index contributed by atoms with van der Waals surface area (Å²) in [5, 5.41) is 10.6. The summed E-state index contributed by atoms with van der Waals surface area (Å²) in [5.74, 6) is 0.878. The second-order valence-corrected chi connectivity index (χ2v) is 6.33. The molecule has 1 aromatic rings. The van der Waals surface area contributed by atoms with E-state index in [9.17, 15) is 5.11 Å². The largest absolute Gasteiger partial charge is 0.489 e. The van der Waals surface area contributed by atoms with Crippen molar-refractivity contribution in [3.05, 3.63) is 34.4 Å². The van der Waals surface area contributed by atoms with Crippen molar-refractivity contribution in [1.82, 2.24) is 4.90 Å². The number of rotatable bonds is 5. The topological polar surface area (TPSA) is 32.7 Å². The molecule has 2 rings (SSSR count). The van der Waals surface area contributed by atoms with E-state index in [1.165, 1.54) is 5.57 Å². The lowest BCUT2D eigenvalue weighted by Gasteiger charge is -2.29. The van der Waals surface area contributed by atoms with Gasteiger partial charge in [-0.15, -0.1) is 0 Å². The third kappa shape index (κ3) is 4.23. The van der Waals surface area contributed by atoms with Crippen molar-refractivity contribution in [3.63, 3.8) is 0 Å². The van der Waals surface area contributed by atoms with Gasteiger partial charge >= 0.3 is 0 Å². The van der Waals surface area contributed by atoms with Gasteiger partial charge < -0.3 is 9.84 Å². The van der Waals surface area contributed by atoms with Gasteiger partial charge in [0.1, 0.15) is 12.4 Å². The molecule has 0 unspecified atom stereocenters. The normalized spacial score (nSPS) is 14.8. The van der Waals surface area contributed by atoms with E-state index >= 15 is 0 Å². The molecule has 1 aliphatic heterocycles. The van der Waals surface area contributed by atoms with Crippen molar-refractivity contribution in [1.29, 1.82) is 0 Å². The van der Waals surface area contributed by atoms with Crippen molar-refractivity contribution in [3.8, 4) is 5.75 Å². The average molecular weight is 296 g/mol. The van der Waals surface area contributed by atoms with Gasteiger partial charge in [-0.05, 0) is 50.2 Å². The predicted molar refractivity (Wildman–Crippen MR) is 83.3 cm³/mol. The van der Waals surface area contributed by atoms with Crippen LogP contribution in [0.3, 0.4) is 0 Å². The molecule has 0 aliphatic carbocycles. The molecule has 0 atom stereocenters. The highest BCUT2D eigenvalue weighted by Crippen LogP contribution is 2.29. The summed E-state index contributed by atoms with van der Waals surface area (Å²) in [6.45, 7) is 8.68. The van der Waals surface area contributed by atoms with Gasteiger partial charge in [-0.25, -0.2) is 0 Å². The Bertz CT molecular complexity index is 506. The third-order valence-corrected chi connectivity index (χ3v) is 3.46. The molecule has 0 amide bonds. The molecular weight excluding hydrogens is 274 g/mol. The fourth-order valence-electron chi connectivity index (χ4n) is 2.40. The van der Waals surface area contributed by atoms with Gasteiger partial charge in [0.25, 0.3) is 0 Å². The van der Waals surface area contributed by atoms with Crippen LogP contribution in [0.4, 0.5) is 0 Å². The zero-order chi connectivity index (χ0) is 14.8. The van der Waals surface area contributed by atoms with Crippen LogP contribution in [0.2, 0.25) is 5.02 Å². The Kier molecular flexibility index (Phi) is 4.74. The molecule has 1 heterocycles. The Morgan fingerprint density at radius 1 is 1.40 bits per heavy atom. The number of fused-ring (bicyclic) bond motifs is 1. The van der Waals surface area contributed by atoms with Crippen LogP contribution in [0.1, 0.15) is 26.3 Å². The van der Waals surface area contributed by atoms with Crippen LogP contribution in [-0.2, 0) is 0 Å². The molecule has 4 heteroatoms. The molecule has 0 saturated carbocycles. The zero-order valence-electron chi connectivity index (χ0n) is 12.3. The van der Waals surface area contributed by atoms with Crippen LogP contribution in [0.15, 0.2) is 23.8 Å². The fourth-order valence-corrected chi connectivity index (χ4v) is 2.58. The minimum atomic E-state index is -0.687. The Hall–Kier alpha value is -1.03. The molecule has 0 aromatic heterocycles. The lowest BCUT2D eigenvalue weighted by Crippen LogP contribution is -2.40. The van der Waals surface area contributed by atoms with Gasteiger partial charge in [0.15, 0.2) is 0 Å². The maximum Gasteiger partial charge on any atom is 0.127 e. The second kappa shape index (κ2) is 6.17. The summed E-state index contributed by atoms with van der Waals surface area (Å²) < 4.78 is 5.75. The average Bonchev–Trinajstić information content (AvgIpc) is 2.35. The molecule has 0 spiro atoms. The Labute approximate surface area is 125 Å². The molecule has 110 valence electrons. The van der Waals surface area contributed by atoms with Gasteiger partial charge in [0.05, 0.1) is 5.60 Å². The van der Waals surface area contributed by atoms with Gasteiger partial charge in [-0.2, -0.15) is 0 Å². The molecule has 1 N–H and O–H groups in total. The van der Waals surface area contributed by atoms with E-state index in [2.05, 4.69) is 17.9 Å². The van der Waals surface area contributed by atoms with Gasteiger partial charge in [0.2, 0.25) is 0 Å². The highest BCUT2D eigenvalue weighted by atomic mass is 35.5. The number of aliphatic hydroxyl groups is 1. The number of halogens is 1. The maximum atomic E-state index is 9.93. The number of benzene rings is 1. The highest BCUT2D eigenvalue weighted by molar-refractivity contribution is 6.30. The van der Waals surface area contributed by atoms with Crippen molar-refractivity contribution in [2.75, 3.05) is 26.2 Å². The van der Waals surface area contributed by atoms with Crippen LogP contribution < -0.4 is 4.74 Å². The zero-order valence-corrected chi connectivity index (χ0v) is 13.1. The first-order valence-electron chi connectivity index (χ1n) is 6.94. The molecule has 3 nitrogen and oxygen atoms in total.